The highest BCUT2D eigenvalue weighted by Gasteiger charge is 2.16. The zero-order valence-electron chi connectivity index (χ0n) is 15.6. The maximum Gasteiger partial charge on any atom is 0.263 e. The number of hydrogen-bond donors (Lipinski definition) is 1. The third-order valence-corrected chi connectivity index (χ3v) is 5.23. The van der Waals surface area contributed by atoms with E-state index < -0.39 is 0 Å². The Bertz CT molecular complexity index is 902. The fourth-order valence-corrected chi connectivity index (χ4v) is 3.59. The second-order valence-electron chi connectivity index (χ2n) is 5.92. The van der Waals surface area contributed by atoms with Gasteiger partial charge in [0.15, 0.2) is 0 Å². The van der Waals surface area contributed by atoms with Crippen molar-refractivity contribution in [3.05, 3.63) is 64.7 Å². The minimum atomic E-state index is -0.113. The Kier molecular flexibility index (Phi) is 6.08. The van der Waals surface area contributed by atoms with Crippen molar-refractivity contribution in [3.63, 3.8) is 0 Å². The van der Waals surface area contributed by atoms with Gasteiger partial charge in [0.2, 0.25) is 0 Å². The Labute approximate surface area is 163 Å². The lowest BCUT2D eigenvalue weighted by atomic mass is 10.2. The van der Waals surface area contributed by atoms with Crippen LogP contribution < -0.4 is 14.8 Å². The summed E-state index contributed by atoms with van der Waals surface area (Å²) in [4.78, 5) is 17.7. The topological polar surface area (TPSA) is 60.5 Å². The minimum Gasteiger partial charge on any atom is -0.497 e. The summed E-state index contributed by atoms with van der Waals surface area (Å²) in [5.74, 6) is 1.51. The molecule has 1 amide bonds. The molecule has 0 aliphatic heterocycles. The van der Waals surface area contributed by atoms with Crippen molar-refractivity contribution < 1.29 is 14.3 Å². The second kappa shape index (κ2) is 8.68. The lowest BCUT2D eigenvalue weighted by molar-refractivity contribution is 0.0954. The van der Waals surface area contributed by atoms with E-state index in [1.54, 1.807) is 7.11 Å². The van der Waals surface area contributed by atoms with Crippen molar-refractivity contribution in [1.29, 1.82) is 0 Å². The SMILES string of the molecule is CCOc1ccc(-c2nc(C)c(C(=O)NCc3ccc(OC)cc3)s2)cc1. The van der Waals surface area contributed by atoms with Gasteiger partial charge in [0.1, 0.15) is 21.4 Å². The largest absolute Gasteiger partial charge is 0.497 e. The number of rotatable bonds is 7. The summed E-state index contributed by atoms with van der Waals surface area (Å²) in [6.45, 7) is 4.90. The summed E-state index contributed by atoms with van der Waals surface area (Å²) in [6.07, 6.45) is 0. The molecule has 0 saturated carbocycles. The first-order chi connectivity index (χ1) is 13.1. The maximum absolute atomic E-state index is 12.6. The van der Waals surface area contributed by atoms with E-state index in [0.29, 0.717) is 18.0 Å². The van der Waals surface area contributed by atoms with Crippen LogP contribution in [-0.2, 0) is 6.54 Å². The van der Waals surface area contributed by atoms with E-state index in [0.717, 1.165) is 33.3 Å². The van der Waals surface area contributed by atoms with Crippen LogP contribution in [0.25, 0.3) is 10.6 Å². The van der Waals surface area contributed by atoms with Crippen LogP contribution in [0.2, 0.25) is 0 Å². The molecule has 0 aliphatic carbocycles. The van der Waals surface area contributed by atoms with Crippen LogP contribution in [0.15, 0.2) is 48.5 Å². The van der Waals surface area contributed by atoms with Crippen LogP contribution in [0.3, 0.4) is 0 Å². The van der Waals surface area contributed by atoms with Gasteiger partial charge in [-0.15, -0.1) is 11.3 Å². The molecule has 140 valence electrons. The third-order valence-electron chi connectivity index (χ3n) is 4.03. The smallest absolute Gasteiger partial charge is 0.263 e. The van der Waals surface area contributed by atoms with E-state index >= 15 is 0 Å². The zero-order chi connectivity index (χ0) is 19.2. The van der Waals surface area contributed by atoms with Gasteiger partial charge in [-0.1, -0.05) is 12.1 Å². The van der Waals surface area contributed by atoms with Gasteiger partial charge < -0.3 is 14.8 Å². The van der Waals surface area contributed by atoms with Crippen molar-refractivity contribution in [1.82, 2.24) is 10.3 Å². The van der Waals surface area contributed by atoms with Crippen molar-refractivity contribution in [2.45, 2.75) is 20.4 Å². The normalized spacial score (nSPS) is 10.5. The molecule has 3 aromatic rings. The van der Waals surface area contributed by atoms with Gasteiger partial charge in [0.05, 0.1) is 19.4 Å². The molecular formula is C21H22N2O3S. The standard InChI is InChI=1S/C21H22N2O3S/c1-4-26-18-11-7-16(8-12-18)21-23-14(2)19(27-21)20(24)22-13-15-5-9-17(25-3)10-6-15/h5-12H,4,13H2,1-3H3,(H,22,24). The molecule has 6 heteroatoms. The number of carbonyl (C=O) groups excluding carboxylic acids is 1. The van der Waals surface area contributed by atoms with Crippen LogP contribution in [0.4, 0.5) is 0 Å². The summed E-state index contributed by atoms with van der Waals surface area (Å²) in [5.41, 5.74) is 2.72. The summed E-state index contributed by atoms with van der Waals surface area (Å²) in [7, 11) is 1.63. The summed E-state index contributed by atoms with van der Waals surface area (Å²) < 4.78 is 10.6. The number of amides is 1. The number of methoxy groups -OCH3 is 1. The van der Waals surface area contributed by atoms with Crippen molar-refractivity contribution >= 4 is 17.2 Å². The molecule has 0 unspecified atom stereocenters. The van der Waals surface area contributed by atoms with E-state index in [2.05, 4.69) is 10.3 Å². The van der Waals surface area contributed by atoms with Crippen LogP contribution in [-0.4, -0.2) is 24.6 Å². The Balaban J connectivity index is 1.68. The van der Waals surface area contributed by atoms with Gasteiger partial charge >= 0.3 is 0 Å². The van der Waals surface area contributed by atoms with E-state index in [4.69, 9.17) is 9.47 Å². The number of thiazole rings is 1. The Morgan fingerprint density at radius 1 is 1.07 bits per heavy atom. The predicted octanol–water partition coefficient (Wildman–Crippen LogP) is 4.46. The highest BCUT2D eigenvalue weighted by Crippen LogP contribution is 2.29. The number of aryl methyl sites for hydroxylation is 1. The van der Waals surface area contributed by atoms with Crippen LogP contribution in [0, 0.1) is 6.92 Å². The van der Waals surface area contributed by atoms with Gasteiger partial charge in [-0.2, -0.15) is 0 Å². The average molecular weight is 382 g/mol. The highest BCUT2D eigenvalue weighted by molar-refractivity contribution is 7.17. The Hall–Kier alpha value is -2.86. The third kappa shape index (κ3) is 4.65. The quantitative estimate of drug-likeness (QED) is 0.656. The lowest BCUT2D eigenvalue weighted by Crippen LogP contribution is -2.22. The number of ether oxygens (including phenoxy) is 2. The molecule has 1 aromatic heterocycles. The lowest BCUT2D eigenvalue weighted by Gasteiger charge is -2.05. The number of nitrogens with zero attached hydrogens (tertiary/aromatic N) is 1. The van der Waals surface area contributed by atoms with Gasteiger partial charge in [-0.05, 0) is 55.8 Å². The van der Waals surface area contributed by atoms with E-state index in [1.807, 2.05) is 62.4 Å². The minimum absolute atomic E-state index is 0.113. The molecule has 0 radical (unpaired) electrons. The summed E-state index contributed by atoms with van der Waals surface area (Å²) >= 11 is 1.40. The predicted molar refractivity (Wildman–Crippen MR) is 108 cm³/mol. The molecule has 3 rings (SSSR count). The number of nitrogens with one attached hydrogen (secondary N) is 1. The monoisotopic (exact) mass is 382 g/mol. The van der Waals surface area contributed by atoms with E-state index in [1.165, 1.54) is 11.3 Å². The maximum atomic E-state index is 12.6. The molecule has 0 spiro atoms. The first-order valence-electron chi connectivity index (χ1n) is 8.72. The first kappa shape index (κ1) is 18.9. The fraction of sp³-hybridized carbons (Fsp3) is 0.238. The summed E-state index contributed by atoms with van der Waals surface area (Å²) in [5, 5.41) is 3.78. The Morgan fingerprint density at radius 3 is 2.37 bits per heavy atom. The van der Waals surface area contributed by atoms with Gasteiger partial charge in [-0.25, -0.2) is 4.98 Å². The zero-order valence-corrected chi connectivity index (χ0v) is 16.4. The van der Waals surface area contributed by atoms with Gasteiger partial charge in [0, 0.05) is 12.1 Å². The van der Waals surface area contributed by atoms with Gasteiger partial charge in [0.25, 0.3) is 5.91 Å². The van der Waals surface area contributed by atoms with Crippen LogP contribution >= 0.6 is 11.3 Å². The molecule has 27 heavy (non-hydrogen) atoms. The van der Waals surface area contributed by atoms with Crippen molar-refractivity contribution in [2.24, 2.45) is 0 Å². The highest BCUT2D eigenvalue weighted by atomic mass is 32.1. The van der Waals surface area contributed by atoms with Crippen LogP contribution in [0.5, 0.6) is 11.5 Å². The molecule has 5 nitrogen and oxygen atoms in total. The molecule has 0 bridgehead atoms. The molecule has 0 saturated heterocycles. The fourth-order valence-electron chi connectivity index (χ4n) is 2.60. The van der Waals surface area contributed by atoms with Gasteiger partial charge in [-0.3, -0.25) is 4.79 Å². The number of benzene rings is 2. The molecule has 0 atom stereocenters. The second-order valence-corrected chi connectivity index (χ2v) is 6.92. The molecule has 0 fully saturated rings. The molecular weight excluding hydrogens is 360 g/mol. The van der Waals surface area contributed by atoms with Crippen molar-refractivity contribution in [2.75, 3.05) is 13.7 Å². The molecule has 0 aliphatic rings. The van der Waals surface area contributed by atoms with Crippen molar-refractivity contribution in [3.8, 4) is 22.1 Å². The first-order valence-corrected chi connectivity index (χ1v) is 9.54. The molecule has 1 heterocycles. The number of aromatic nitrogens is 1. The number of carbonyl (C=O) groups is 1. The average Bonchev–Trinajstić information content (AvgIpc) is 3.09. The van der Waals surface area contributed by atoms with E-state index in [-0.39, 0.29) is 5.91 Å². The number of hydrogen-bond acceptors (Lipinski definition) is 5. The molecule has 1 N–H and O–H groups in total. The van der Waals surface area contributed by atoms with Crippen LogP contribution in [0.1, 0.15) is 27.9 Å². The molecule has 2 aromatic carbocycles. The van der Waals surface area contributed by atoms with E-state index in [9.17, 15) is 4.79 Å². The Morgan fingerprint density at radius 2 is 1.74 bits per heavy atom. The summed E-state index contributed by atoms with van der Waals surface area (Å²) in [6, 6.07) is 15.4.